The van der Waals surface area contributed by atoms with Crippen molar-refractivity contribution in [2.24, 2.45) is 0 Å². The number of benzene rings is 2. The maximum Gasteiger partial charge on any atom is 0.306 e. The van der Waals surface area contributed by atoms with Crippen LogP contribution in [-0.4, -0.2) is 35.1 Å². The molecule has 2 aliphatic rings. The van der Waals surface area contributed by atoms with E-state index in [1.807, 2.05) is 26.0 Å². The lowest BCUT2D eigenvalue weighted by atomic mass is 9.85. The number of nitrogens with zero attached hydrogens (tertiary/aromatic N) is 3. The predicted molar refractivity (Wildman–Crippen MR) is 127 cm³/mol. The second kappa shape index (κ2) is 7.40. The molecule has 5 rings (SSSR count). The molecule has 2 aliphatic heterocycles. The van der Waals surface area contributed by atoms with Crippen LogP contribution in [0.5, 0.6) is 0 Å². The molecule has 35 heavy (non-hydrogen) atoms. The predicted octanol–water partition coefficient (Wildman–Crippen LogP) is 5.39. The number of aromatic nitrogens is 2. The fourth-order valence-electron chi connectivity index (χ4n) is 4.80. The number of nitrogens with one attached hydrogen (secondary N) is 1. The Balaban J connectivity index is 1.56. The summed E-state index contributed by atoms with van der Waals surface area (Å²) in [5.74, 6) is -3.54. The topological polar surface area (TPSA) is 70.6 Å². The van der Waals surface area contributed by atoms with E-state index in [4.69, 9.17) is 4.74 Å². The van der Waals surface area contributed by atoms with Crippen LogP contribution in [0, 0.1) is 12.7 Å². The first-order chi connectivity index (χ1) is 16.3. The molecule has 2 aromatic carbocycles. The Morgan fingerprint density at radius 2 is 1.89 bits per heavy atom. The Morgan fingerprint density at radius 3 is 2.54 bits per heavy atom. The van der Waals surface area contributed by atoms with E-state index in [1.165, 1.54) is 19.1 Å². The SMILES string of the molecule is Cc1nc(NC(C)c2cccc(C(F)(F)C3(C)CO3)c2F)c2cc3c(cc2n1)C(C)(C)C(=O)N3C. The molecule has 1 aromatic heterocycles. The fraction of sp³-hybridized carbons (Fsp3) is 0.423. The Morgan fingerprint density at radius 1 is 1.20 bits per heavy atom. The summed E-state index contributed by atoms with van der Waals surface area (Å²) in [6.07, 6.45) is 0. The van der Waals surface area contributed by atoms with Crippen LogP contribution < -0.4 is 10.2 Å². The summed E-state index contributed by atoms with van der Waals surface area (Å²) in [5, 5.41) is 3.84. The van der Waals surface area contributed by atoms with E-state index < -0.39 is 34.4 Å². The number of fused-ring (bicyclic) bond motifs is 2. The van der Waals surface area contributed by atoms with Gasteiger partial charge in [0.2, 0.25) is 5.91 Å². The highest BCUT2D eigenvalue weighted by Gasteiger charge is 2.62. The number of carbonyl (C=O) groups is 1. The van der Waals surface area contributed by atoms with Crippen LogP contribution in [-0.2, 0) is 20.9 Å². The molecule has 0 bridgehead atoms. The van der Waals surface area contributed by atoms with Crippen molar-refractivity contribution in [2.45, 2.75) is 57.6 Å². The number of halogens is 3. The van der Waals surface area contributed by atoms with Crippen molar-refractivity contribution in [3.8, 4) is 0 Å². The summed E-state index contributed by atoms with van der Waals surface area (Å²) >= 11 is 0. The number of rotatable bonds is 5. The molecule has 9 heteroatoms. The van der Waals surface area contributed by atoms with E-state index in [-0.39, 0.29) is 18.1 Å². The minimum atomic E-state index is -3.46. The van der Waals surface area contributed by atoms with Crippen LogP contribution in [0.2, 0.25) is 0 Å². The quantitative estimate of drug-likeness (QED) is 0.492. The first kappa shape index (κ1) is 23.5. The summed E-state index contributed by atoms with van der Waals surface area (Å²) in [6, 6.07) is 7.05. The van der Waals surface area contributed by atoms with Crippen molar-refractivity contribution in [3.63, 3.8) is 0 Å². The molecule has 6 nitrogen and oxygen atoms in total. The molecule has 2 unspecified atom stereocenters. The number of alkyl halides is 2. The molecule has 1 N–H and O–H groups in total. The van der Waals surface area contributed by atoms with Crippen molar-refractivity contribution in [1.29, 1.82) is 0 Å². The van der Waals surface area contributed by atoms with Crippen molar-refractivity contribution < 1.29 is 22.7 Å². The lowest BCUT2D eigenvalue weighted by Crippen LogP contribution is -2.33. The number of aryl methyl sites for hydroxylation is 1. The summed E-state index contributed by atoms with van der Waals surface area (Å²) in [4.78, 5) is 23.4. The van der Waals surface area contributed by atoms with Gasteiger partial charge in [0, 0.05) is 23.7 Å². The molecule has 0 radical (unpaired) electrons. The smallest absolute Gasteiger partial charge is 0.306 e. The van der Waals surface area contributed by atoms with Crippen LogP contribution in [0.25, 0.3) is 10.9 Å². The summed E-state index contributed by atoms with van der Waals surface area (Å²) in [7, 11) is 1.72. The number of anilines is 2. The average molecular weight is 485 g/mol. The van der Waals surface area contributed by atoms with Gasteiger partial charge in [0.15, 0.2) is 5.60 Å². The third-order valence-electron chi connectivity index (χ3n) is 7.23. The van der Waals surface area contributed by atoms with Crippen molar-refractivity contribution in [3.05, 3.63) is 58.7 Å². The maximum atomic E-state index is 15.4. The molecule has 0 aliphatic carbocycles. The summed E-state index contributed by atoms with van der Waals surface area (Å²) in [6.45, 7) is 8.32. The van der Waals surface area contributed by atoms with Crippen molar-refractivity contribution >= 4 is 28.3 Å². The van der Waals surface area contributed by atoms with Gasteiger partial charge >= 0.3 is 5.92 Å². The zero-order valence-electron chi connectivity index (χ0n) is 20.5. The molecule has 1 amide bonds. The van der Waals surface area contributed by atoms with Crippen molar-refractivity contribution in [2.75, 3.05) is 23.9 Å². The van der Waals surface area contributed by atoms with E-state index in [0.717, 1.165) is 17.3 Å². The van der Waals surface area contributed by atoms with Gasteiger partial charge in [-0.25, -0.2) is 14.4 Å². The second-order valence-electron chi connectivity index (χ2n) is 10.2. The lowest BCUT2D eigenvalue weighted by molar-refractivity contribution is -0.121. The summed E-state index contributed by atoms with van der Waals surface area (Å²) < 4.78 is 50.2. The highest BCUT2D eigenvalue weighted by molar-refractivity contribution is 6.10. The van der Waals surface area contributed by atoms with Crippen LogP contribution >= 0.6 is 0 Å². The molecule has 1 saturated heterocycles. The van der Waals surface area contributed by atoms with Crippen LogP contribution in [0.4, 0.5) is 24.7 Å². The number of amides is 1. The van der Waals surface area contributed by atoms with E-state index in [2.05, 4.69) is 15.3 Å². The van der Waals surface area contributed by atoms with Crippen molar-refractivity contribution in [1.82, 2.24) is 9.97 Å². The highest BCUT2D eigenvalue weighted by Crippen LogP contribution is 2.50. The molecule has 0 saturated carbocycles. The van der Waals surface area contributed by atoms with Gasteiger partial charge in [-0.15, -0.1) is 0 Å². The normalized spacial score (nSPS) is 21.9. The first-order valence-electron chi connectivity index (χ1n) is 11.5. The largest absolute Gasteiger partial charge is 0.363 e. The second-order valence-corrected chi connectivity index (χ2v) is 10.2. The zero-order chi connectivity index (χ0) is 25.5. The Labute approximate surface area is 201 Å². The van der Waals surface area contributed by atoms with Gasteiger partial charge in [-0.2, -0.15) is 8.78 Å². The van der Waals surface area contributed by atoms with Gasteiger partial charge in [0.25, 0.3) is 0 Å². The Bertz CT molecular complexity index is 1380. The van der Waals surface area contributed by atoms with Gasteiger partial charge in [-0.3, -0.25) is 4.79 Å². The molecule has 3 aromatic rings. The number of epoxide rings is 1. The van der Waals surface area contributed by atoms with E-state index >= 15 is 4.39 Å². The van der Waals surface area contributed by atoms with Gasteiger partial charge in [-0.05, 0) is 58.4 Å². The maximum absolute atomic E-state index is 15.4. The van der Waals surface area contributed by atoms with Gasteiger partial charge in [-0.1, -0.05) is 12.1 Å². The standard InChI is InChI=1S/C26H27F3N4O2/c1-13(15-8-7-9-17(21(15)27)26(28,29)25(5)12-35-25)30-22-16-10-20-18(11-19(16)31-14(2)32-22)24(3,4)23(34)33(20)6/h7-11,13H,12H2,1-6H3,(H,30,31,32). The van der Waals surface area contributed by atoms with E-state index in [1.54, 1.807) is 25.8 Å². The Kier molecular flexibility index (Phi) is 4.98. The number of likely N-dealkylation sites (N-methyl/N-ethyl adjacent to an activating group) is 1. The fourth-order valence-corrected chi connectivity index (χ4v) is 4.80. The van der Waals surface area contributed by atoms with E-state index in [0.29, 0.717) is 22.5 Å². The number of carbonyl (C=O) groups excluding carboxylic acids is 1. The number of hydrogen-bond acceptors (Lipinski definition) is 5. The molecular weight excluding hydrogens is 457 g/mol. The molecule has 0 spiro atoms. The van der Waals surface area contributed by atoms with E-state index in [9.17, 15) is 13.6 Å². The van der Waals surface area contributed by atoms with Gasteiger partial charge in [0.1, 0.15) is 17.5 Å². The third-order valence-corrected chi connectivity index (χ3v) is 7.23. The Hall–Kier alpha value is -3.20. The molecule has 3 heterocycles. The van der Waals surface area contributed by atoms with Gasteiger partial charge < -0.3 is 15.0 Å². The highest BCUT2D eigenvalue weighted by atomic mass is 19.3. The van der Waals surface area contributed by atoms with Gasteiger partial charge in [0.05, 0.1) is 29.1 Å². The number of ether oxygens (including phenoxy) is 1. The zero-order valence-corrected chi connectivity index (χ0v) is 20.5. The lowest BCUT2D eigenvalue weighted by Gasteiger charge is -2.24. The van der Waals surface area contributed by atoms with Crippen LogP contribution in [0.1, 0.15) is 56.3 Å². The average Bonchev–Trinajstić information content (AvgIpc) is 3.53. The molecule has 2 atom stereocenters. The minimum Gasteiger partial charge on any atom is -0.363 e. The van der Waals surface area contributed by atoms with Crippen LogP contribution in [0.15, 0.2) is 30.3 Å². The molecule has 1 fully saturated rings. The molecular formula is C26H27F3N4O2. The minimum absolute atomic E-state index is 0.0245. The summed E-state index contributed by atoms with van der Waals surface area (Å²) in [5.41, 5.74) is -0.720. The third kappa shape index (κ3) is 3.39. The number of hydrogen-bond donors (Lipinski definition) is 1. The first-order valence-corrected chi connectivity index (χ1v) is 11.5. The molecule has 184 valence electrons. The van der Waals surface area contributed by atoms with Crippen LogP contribution in [0.3, 0.4) is 0 Å². The monoisotopic (exact) mass is 484 g/mol.